The van der Waals surface area contributed by atoms with E-state index in [1.807, 2.05) is 13.8 Å². The first-order chi connectivity index (χ1) is 9.00. The molecular weight excluding hydrogens is 246 g/mol. The van der Waals surface area contributed by atoms with E-state index >= 15 is 0 Å². The number of carbonyl (C=O) groups excluding carboxylic acids is 2. The zero-order chi connectivity index (χ0) is 14.0. The lowest BCUT2D eigenvalue weighted by Crippen LogP contribution is -2.35. The molecule has 6 nitrogen and oxygen atoms in total. The van der Waals surface area contributed by atoms with E-state index in [2.05, 4.69) is 5.10 Å². The summed E-state index contributed by atoms with van der Waals surface area (Å²) >= 11 is 0. The Morgan fingerprint density at radius 3 is 2.84 bits per heavy atom. The molecule has 1 aliphatic rings. The Morgan fingerprint density at radius 1 is 1.53 bits per heavy atom. The van der Waals surface area contributed by atoms with Crippen LogP contribution in [0.2, 0.25) is 0 Å². The van der Waals surface area contributed by atoms with Crippen molar-refractivity contribution in [3.63, 3.8) is 0 Å². The third-order valence-electron chi connectivity index (χ3n) is 3.64. The SMILES string of the molecule is CCn1cc(C(=O)N2CC[C@@](C)(C(=O)OC)C2)cn1. The summed E-state index contributed by atoms with van der Waals surface area (Å²) in [5.41, 5.74) is -0.0264. The summed E-state index contributed by atoms with van der Waals surface area (Å²) in [6.45, 7) is 5.50. The van der Waals surface area contributed by atoms with Crippen LogP contribution < -0.4 is 0 Å². The summed E-state index contributed by atoms with van der Waals surface area (Å²) in [6, 6.07) is 0. The van der Waals surface area contributed by atoms with Crippen LogP contribution in [0.5, 0.6) is 0 Å². The number of amides is 1. The van der Waals surface area contributed by atoms with E-state index in [1.54, 1.807) is 22.0 Å². The first-order valence-electron chi connectivity index (χ1n) is 6.40. The molecule has 2 heterocycles. The molecule has 19 heavy (non-hydrogen) atoms. The van der Waals surface area contributed by atoms with E-state index in [9.17, 15) is 9.59 Å². The van der Waals surface area contributed by atoms with Gasteiger partial charge in [0.15, 0.2) is 0 Å². The molecule has 0 spiro atoms. The number of aromatic nitrogens is 2. The predicted molar refractivity (Wildman–Crippen MR) is 68.5 cm³/mol. The first kappa shape index (κ1) is 13.6. The number of carbonyl (C=O) groups is 2. The minimum absolute atomic E-state index is 0.0765. The van der Waals surface area contributed by atoms with Crippen LogP contribution in [0.3, 0.4) is 0 Å². The maximum absolute atomic E-state index is 12.3. The lowest BCUT2D eigenvalue weighted by atomic mass is 9.90. The van der Waals surface area contributed by atoms with Crippen LogP contribution in [0.1, 0.15) is 30.6 Å². The number of rotatable bonds is 3. The molecule has 0 aromatic carbocycles. The second-order valence-electron chi connectivity index (χ2n) is 5.11. The van der Waals surface area contributed by atoms with Crippen molar-refractivity contribution in [1.82, 2.24) is 14.7 Å². The Hall–Kier alpha value is -1.85. The summed E-state index contributed by atoms with van der Waals surface area (Å²) in [7, 11) is 1.38. The van der Waals surface area contributed by atoms with E-state index < -0.39 is 5.41 Å². The van der Waals surface area contributed by atoms with Crippen molar-refractivity contribution < 1.29 is 14.3 Å². The molecule has 0 unspecified atom stereocenters. The lowest BCUT2D eigenvalue weighted by Gasteiger charge is -2.21. The minimum atomic E-state index is -0.592. The maximum atomic E-state index is 12.3. The molecule has 1 saturated heterocycles. The van der Waals surface area contributed by atoms with Gasteiger partial charge in [-0.15, -0.1) is 0 Å². The van der Waals surface area contributed by atoms with Gasteiger partial charge in [0, 0.05) is 25.8 Å². The predicted octanol–water partition coefficient (Wildman–Crippen LogP) is 0.928. The second-order valence-corrected chi connectivity index (χ2v) is 5.11. The largest absolute Gasteiger partial charge is 0.469 e. The molecule has 0 N–H and O–H groups in total. The highest BCUT2D eigenvalue weighted by Crippen LogP contribution is 2.31. The van der Waals surface area contributed by atoms with Gasteiger partial charge in [0.25, 0.3) is 5.91 Å². The number of likely N-dealkylation sites (tertiary alicyclic amines) is 1. The van der Waals surface area contributed by atoms with Gasteiger partial charge >= 0.3 is 5.97 Å². The molecule has 104 valence electrons. The quantitative estimate of drug-likeness (QED) is 0.763. The van der Waals surface area contributed by atoms with Crippen LogP contribution in [0, 0.1) is 5.41 Å². The molecule has 0 bridgehead atoms. The number of ether oxygens (including phenoxy) is 1. The molecule has 1 aliphatic heterocycles. The van der Waals surface area contributed by atoms with E-state index in [0.29, 0.717) is 25.1 Å². The fraction of sp³-hybridized carbons (Fsp3) is 0.615. The monoisotopic (exact) mass is 265 g/mol. The van der Waals surface area contributed by atoms with E-state index in [0.717, 1.165) is 6.54 Å². The van der Waals surface area contributed by atoms with E-state index in [4.69, 9.17) is 4.74 Å². The molecular formula is C13H19N3O3. The van der Waals surface area contributed by atoms with Gasteiger partial charge in [-0.3, -0.25) is 14.3 Å². The molecule has 1 aromatic rings. The minimum Gasteiger partial charge on any atom is -0.469 e. The zero-order valence-corrected chi connectivity index (χ0v) is 11.5. The molecule has 0 aliphatic carbocycles. The van der Waals surface area contributed by atoms with Crippen LogP contribution in [0.15, 0.2) is 12.4 Å². The molecule has 1 atom stereocenters. The summed E-state index contributed by atoms with van der Waals surface area (Å²) in [4.78, 5) is 25.7. The molecule has 6 heteroatoms. The molecule has 1 amide bonds. The highest BCUT2D eigenvalue weighted by Gasteiger charge is 2.43. The van der Waals surface area contributed by atoms with Gasteiger partial charge in [0.2, 0.25) is 0 Å². The van der Waals surface area contributed by atoms with Crippen molar-refractivity contribution in [3.8, 4) is 0 Å². The Labute approximate surface area is 112 Å². The number of hydrogen-bond acceptors (Lipinski definition) is 4. The number of hydrogen-bond donors (Lipinski definition) is 0. The van der Waals surface area contributed by atoms with Crippen molar-refractivity contribution in [2.45, 2.75) is 26.8 Å². The van der Waals surface area contributed by atoms with Crippen LogP contribution in [-0.2, 0) is 16.1 Å². The molecule has 2 rings (SSSR count). The Morgan fingerprint density at radius 2 is 2.26 bits per heavy atom. The summed E-state index contributed by atoms with van der Waals surface area (Å²) in [5, 5.41) is 4.09. The molecule has 0 saturated carbocycles. The Bertz CT molecular complexity index is 497. The van der Waals surface area contributed by atoms with E-state index in [-0.39, 0.29) is 11.9 Å². The highest BCUT2D eigenvalue weighted by atomic mass is 16.5. The number of aryl methyl sites for hydroxylation is 1. The van der Waals surface area contributed by atoms with Crippen LogP contribution >= 0.6 is 0 Å². The standard InChI is InChI=1S/C13H19N3O3/c1-4-16-8-10(7-14-16)11(17)15-6-5-13(2,9-15)12(18)19-3/h7-8H,4-6,9H2,1-3H3/t13-/m1/s1. The third-order valence-corrected chi connectivity index (χ3v) is 3.64. The van der Waals surface area contributed by atoms with Gasteiger partial charge in [-0.25, -0.2) is 0 Å². The summed E-state index contributed by atoms with van der Waals surface area (Å²) < 4.78 is 6.51. The Balaban J connectivity index is 2.08. The van der Waals surface area contributed by atoms with E-state index in [1.165, 1.54) is 7.11 Å². The first-order valence-corrected chi connectivity index (χ1v) is 6.40. The number of nitrogens with zero attached hydrogens (tertiary/aromatic N) is 3. The van der Waals surface area contributed by atoms with Crippen LogP contribution in [0.4, 0.5) is 0 Å². The highest BCUT2D eigenvalue weighted by molar-refractivity contribution is 5.94. The van der Waals surface area contributed by atoms with Gasteiger partial charge in [0.05, 0.1) is 24.3 Å². The van der Waals surface area contributed by atoms with Crippen molar-refractivity contribution >= 4 is 11.9 Å². The molecule has 1 fully saturated rings. The second kappa shape index (κ2) is 5.03. The fourth-order valence-electron chi connectivity index (χ4n) is 2.38. The number of esters is 1. The lowest BCUT2D eigenvalue weighted by molar-refractivity contribution is -0.150. The van der Waals surface area contributed by atoms with Crippen molar-refractivity contribution in [1.29, 1.82) is 0 Å². The fourth-order valence-corrected chi connectivity index (χ4v) is 2.38. The summed E-state index contributed by atoms with van der Waals surface area (Å²) in [6.07, 6.45) is 3.93. The summed E-state index contributed by atoms with van der Waals surface area (Å²) in [5.74, 6) is -0.334. The maximum Gasteiger partial charge on any atom is 0.313 e. The van der Waals surface area contributed by atoms with Gasteiger partial charge in [-0.05, 0) is 20.3 Å². The van der Waals surface area contributed by atoms with Gasteiger partial charge in [-0.1, -0.05) is 0 Å². The average molecular weight is 265 g/mol. The molecule has 0 radical (unpaired) electrons. The Kier molecular flexibility index (Phi) is 3.59. The number of methoxy groups -OCH3 is 1. The van der Waals surface area contributed by atoms with Gasteiger partial charge in [-0.2, -0.15) is 5.10 Å². The van der Waals surface area contributed by atoms with Gasteiger partial charge < -0.3 is 9.64 Å². The topological polar surface area (TPSA) is 64.4 Å². The third kappa shape index (κ3) is 2.47. The van der Waals surface area contributed by atoms with Crippen molar-refractivity contribution in [2.75, 3.05) is 20.2 Å². The van der Waals surface area contributed by atoms with Crippen LogP contribution in [-0.4, -0.2) is 46.8 Å². The van der Waals surface area contributed by atoms with Gasteiger partial charge in [0.1, 0.15) is 0 Å². The zero-order valence-electron chi connectivity index (χ0n) is 11.5. The smallest absolute Gasteiger partial charge is 0.313 e. The van der Waals surface area contributed by atoms with Crippen LogP contribution in [0.25, 0.3) is 0 Å². The average Bonchev–Trinajstić information content (AvgIpc) is 3.04. The normalized spacial score (nSPS) is 22.6. The van der Waals surface area contributed by atoms with Crippen molar-refractivity contribution in [3.05, 3.63) is 18.0 Å². The van der Waals surface area contributed by atoms with Crippen molar-refractivity contribution in [2.24, 2.45) is 5.41 Å². The molecule has 1 aromatic heterocycles.